The van der Waals surface area contributed by atoms with E-state index in [9.17, 15) is 0 Å². The first-order valence-electron chi connectivity index (χ1n) is 3.52. The molecule has 0 fully saturated rings. The summed E-state index contributed by atoms with van der Waals surface area (Å²) in [4.78, 5) is 3.95. The Hall–Kier alpha value is -0.570. The molecule has 0 bridgehead atoms. The molecule has 1 rings (SSSR count). The highest BCUT2D eigenvalue weighted by Gasteiger charge is 2.04. The molecule has 0 aliphatic rings. The van der Waals surface area contributed by atoms with Crippen LogP contribution in [0.15, 0.2) is 16.7 Å². The van der Waals surface area contributed by atoms with Gasteiger partial charge in [0, 0.05) is 10.7 Å². The van der Waals surface area contributed by atoms with Crippen LogP contribution >= 0.6 is 15.9 Å². The van der Waals surface area contributed by atoms with Crippen molar-refractivity contribution in [1.29, 1.82) is 0 Å². The molecule has 0 aliphatic heterocycles. The quantitative estimate of drug-likeness (QED) is 0.781. The molecule has 0 saturated heterocycles. The van der Waals surface area contributed by atoms with Gasteiger partial charge < -0.3 is 5.73 Å². The van der Waals surface area contributed by atoms with Gasteiger partial charge in [0.2, 0.25) is 0 Å². The number of halogens is 1. The first kappa shape index (κ1) is 8.53. The molecule has 0 amide bonds. The van der Waals surface area contributed by atoms with Gasteiger partial charge in [-0.2, -0.15) is 0 Å². The number of nitrogen functional groups attached to an aromatic ring is 1. The molecule has 11 heavy (non-hydrogen) atoms. The van der Waals surface area contributed by atoms with E-state index >= 15 is 0 Å². The van der Waals surface area contributed by atoms with E-state index in [1.807, 2.05) is 6.07 Å². The molecule has 0 aromatic carbocycles. The number of nitrogens with zero attached hydrogens (tertiary/aromatic N) is 1. The van der Waals surface area contributed by atoms with E-state index in [0.717, 1.165) is 4.47 Å². The second kappa shape index (κ2) is 3.22. The van der Waals surface area contributed by atoms with Crippen molar-refractivity contribution in [3.8, 4) is 0 Å². The zero-order valence-corrected chi connectivity index (χ0v) is 8.22. The molecule has 2 N–H and O–H groups in total. The minimum atomic E-state index is 0.481. The van der Waals surface area contributed by atoms with Crippen molar-refractivity contribution in [2.24, 2.45) is 0 Å². The second-order valence-corrected chi connectivity index (χ2v) is 3.64. The van der Waals surface area contributed by atoms with Crippen molar-refractivity contribution in [2.45, 2.75) is 19.8 Å². The lowest BCUT2D eigenvalue weighted by Gasteiger charge is -2.07. The molecule has 3 heteroatoms. The Morgan fingerprint density at radius 3 is 2.64 bits per heavy atom. The van der Waals surface area contributed by atoms with Gasteiger partial charge in [-0.3, -0.25) is 0 Å². The van der Waals surface area contributed by atoms with Gasteiger partial charge >= 0.3 is 0 Å². The molecular weight excluding hydrogens is 204 g/mol. The highest BCUT2D eigenvalue weighted by atomic mass is 79.9. The van der Waals surface area contributed by atoms with Gasteiger partial charge in [-0.25, -0.2) is 4.98 Å². The molecule has 1 heterocycles. The van der Waals surface area contributed by atoms with Gasteiger partial charge in [-0.1, -0.05) is 13.8 Å². The van der Waals surface area contributed by atoms with Crippen LogP contribution < -0.4 is 5.73 Å². The lowest BCUT2D eigenvalue weighted by molar-refractivity contribution is 0.857. The van der Waals surface area contributed by atoms with Crippen LogP contribution in [0.25, 0.3) is 0 Å². The van der Waals surface area contributed by atoms with Crippen LogP contribution in [0.3, 0.4) is 0 Å². The first-order chi connectivity index (χ1) is 5.11. The fourth-order valence-corrected chi connectivity index (χ4v) is 1.59. The number of nitrogens with two attached hydrogens (primary N) is 1. The smallest absolute Gasteiger partial charge is 0.123 e. The average Bonchev–Trinajstić information content (AvgIpc) is 1.94. The minimum Gasteiger partial charge on any atom is -0.384 e. The molecule has 60 valence electrons. The summed E-state index contributed by atoms with van der Waals surface area (Å²) in [7, 11) is 0. The highest BCUT2D eigenvalue weighted by Crippen LogP contribution is 2.24. The number of pyridine rings is 1. The number of anilines is 1. The Balaban J connectivity index is 3.13. The first-order valence-corrected chi connectivity index (χ1v) is 4.31. The molecular formula is C8H11BrN2. The fraction of sp³-hybridized carbons (Fsp3) is 0.375. The van der Waals surface area contributed by atoms with Gasteiger partial charge in [0.05, 0.1) is 0 Å². The normalized spacial score (nSPS) is 10.5. The summed E-state index contributed by atoms with van der Waals surface area (Å²) < 4.78 is 1.03. The van der Waals surface area contributed by atoms with Gasteiger partial charge in [-0.05, 0) is 33.5 Å². The van der Waals surface area contributed by atoms with Crippen LogP contribution in [0.4, 0.5) is 5.82 Å². The van der Waals surface area contributed by atoms with E-state index in [1.165, 1.54) is 5.56 Å². The molecule has 0 aliphatic carbocycles. The Bertz CT molecular complexity index is 258. The lowest BCUT2D eigenvalue weighted by atomic mass is 10.1. The van der Waals surface area contributed by atoms with E-state index in [0.29, 0.717) is 11.7 Å². The van der Waals surface area contributed by atoms with Gasteiger partial charge in [0.1, 0.15) is 5.82 Å². The molecule has 2 nitrogen and oxygen atoms in total. The summed E-state index contributed by atoms with van der Waals surface area (Å²) in [6.45, 7) is 4.25. The Labute approximate surface area is 75.0 Å². The van der Waals surface area contributed by atoms with Crippen LogP contribution in [-0.4, -0.2) is 4.98 Å². The Kier molecular flexibility index (Phi) is 2.49. The number of aromatic nitrogens is 1. The van der Waals surface area contributed by atoms with E-state index in [-0.39, 0.29) is 0 Å². The predicted molar refractivity (Wildman–Crippen MR) is 50.4 cm³/mol. The largest absolute Gasteiger partial charge is 0.384 e. The second-order valence-electron chi connectivity index (χ2n) is 2.79. The van der Waals surface area contributed by atoms with E-state index in [4.69, 9.17) is 5.73 Å². The summed E-state index contributed by atoms with van der Waals surface area (Å²) in [5.74, 6) is 1.06. The molecule has 0 unspecified atom stereocenters. The summed E-state index contributed by atoms with van der Waals surface area (Å²) in [5, 5.41) is 0. The lowest BCUT2D eigenvalue weighted by Crippen LogP contribution is -1.95. The highest BCUT2D eigenvalue weighted by molar-refractivity contribution is 9.10. The summed E-state index contributed by atoms with van der Waals surface area (Å²) in [5.41, 5.74) is 6.74. The SMILES string of the molecule is CC(C)c1cc(N)ncc1Br. The minimum absolute atomic E-state index is 0.481. The van der Waals surface area contributed by atoms with Crippen LogP contribution in [-0.2, 0) is 0 Å². The molecule has 1 aromatic heterocycles. The summed E-state index contributed by atoms with van der Waals surface area (Å²) in [6.07, 6.45) is 1.74. The van der Waals surface area contributed by atoms with Crippen molar-refractivity contribution < 1.29 is 0 Å². The van der Waals surface area contributed by atoms with Crippen LogP contribution in [0, 0.1) is 0 Å². The Morgan fingerprint density at radius 1 is 1.55 bits per heavy atom. The van der Waals surface area contributed by atoms with Gasteiger partial charge in [0.25, 0.3) is 0 Å². The van der Waals surface area contributed by atoms with Crippen LogP contribution in [0.5, 0.6) is 0 Å². The fourth-order valence-electron chi connectivity index (χ4n) is 0.914. The van der Waals surface area contributed by atoms with Crippen molar-refractivity contribution in [3.05, 3.63) is 22.3 Å². The Morgan fingerprint density at radius 2 is 2.18 bits per heavy atom. The third-order valence-electron chi connectivity index (χ3n) is 1.53. The number of hydrogen-bond donors (Lipinski definition) is 1. The molecule has 1 aromatic rings. The number of hydrogen-bond acceptors (Lipinski definition) is 2. The third kappa shape index (κ3) is 1.93. The molecule has 0 radical (unpaired) electrons. The summed E-state index contributed by atoms with van der Waals surface area (Å²) >= 11 is 3.41. The summed E-state index contributed by atoms with van der Waals surface area (Å²) in [6, 6.07) is 1.90. The zero-order valence-electron chi connectivity index (χ0n) is 6.63. The monoisotopic (exact) mass is 214 g/mol. The van der Waals surface area contributed by atoms with Crippen LogP contribution in [0.2, 0.25) is 0 Å². The standard InChI is InChI=1S/C8H11BrN2/c1-5(2)6-3-8(10)11-4-7(6)9/h3-5H,1-2H3,(H2,10,11). The maximum absolute atomic E-state index is 5.53. The molecule has 0 atom stereocenters. The average molecular weight is 215 g/mol. The number of rotatable bonds is 1. The third-order valence-corrected chi connectivity index (χ3v) is 2.19. The van der Waals surface area contributed by atoms with E-state index < -0.39 is 0 Å². The molecule has 0 saturated carbocycles. The van der Waals surface area contributed by atoms with E-state index in [1.54, 1.807) is 6.20 Å². The maximum atomic E-state index is 5.53. The predicted octanol–water partition coefficient (Wildman–Crippen LogP) is 2.55. The van der Waals surface area contributed by atoms with Crippen molar-refractivity contribution in [3.63, 3.8) is 0 Å². The van der Waals surface area contributed by atoms with Crippen molar-refractivity contribution >= 4 is 21.7 Å². The van der Waals surface area contributed by atoms with Crippen molar-refractivity contribution in [2.75, 3.05) is 5.73 Å². The topological polar surface area (TPSA) is 38.9 Å². The van der Waals surface area contributed by atoms with E-state index in [2.05, 4.69) is 34.8 Å². The van der Waals surface area contributed by atoms with Crippen LogP contribution in [0.1, 0.15) is 25.3 Å². The maximum Gasteiger partial charge on any atom is 0.123 e. The van der Waals surface area contributed by atoms with Crippen molar-refractivity contribution in [1.82, 2.24) is 4.98 Å². The zero-order chi connectivity index (χ0) is 8.43. The van der Waals surface area contributed by atoms with Gasteiger partial charge in [-0.15, -0.1) is 0 Å². The van der Waals surface area contributed by atoms with Gasteiger partial charge in [0.15, 0.2) is 0 Å². The molecule has 0 spiro atoms.